The van der Waals surface area contributed by atoms with Gasteiger partial charge in [0.05, 0.1) is 31.2 Å². The van der Waals surface area contributed by atoms with Crippen molar-refractivity contribution in [3.63, 3.8) is 0 Å². The van der Waals surface area contributed by atoms with E-state index in [9.17, 15) is 13.9 Å². The third-order valence-electron chi connectivity index (χ3n) is 6.61. The van der Waals surface area contributed by atoms with Gasteiger partial charge in [-0.3, -0.25) is 4.99 Å². The van der Waals surface area contributed by atoms with Crippen molar-refractivity contribution in [1.29, 1.82) is 5.26 Å². The predicted molar refractivity (Wildman–Crippen MR) is 127 cm³/mol. The topological polar surface area (TPSA) is 104 Å². The number of aromatic nitrogens is 2. The van der Waals surface area contributed by atoms with Gasteiger partial charge in [0, 0.05) is 30.7 Å². The average molecular weight is 483 g/mol. The Balaban J connectivity index is 1.54. The van der Waals surface area contributed by atoms with E-state index in [0.717, 1.165) is 5.56 Å². The van der Waals surface area contributed by atoms with Gasteiger partial charge in [-0.2, -0.15) is 5.26 Å². The highest BCUT2D eigenvalue weighted by atomic mass is 19.1. The van der Waals surface area contributed by atoms with Crippen LogP contribution in [0.15, 0.2) is 35.6 Å². The van der Waals surface area contributed by atoms with Gasteiger partial charge in [0.1, 0.15) is 11.4 Å². The Morgan fingerprint density at radius 1 is 1.31 bits per heavy atom. The molecule has 35 heavy (non-hydrogen) atoms. The zero-order valence-electron chi connectivity index (χ0n) is 19.8. The van der Waals surface area contributed by atoms with Crippen molar-refractivity contribution in [2.75, 3.05) is 19.8 Å². The molecule has 184 valence electrons. The van der Waals surface area contributed by atoms with Crippen LogP contribution in [0.1, 0.15) is 37.8 Å². The van der Waals surface area contributed by atoms with E-state index < -0.39 is 22.8 Å². The molecule has 0 amide bonds. The van der Waals surface area contributed by atoms with Gasteiger partial charge in [0.2, 0.25) is 0 Å². The molecule has 1 aliphatic rings. The number of aliphatic hydroxyl groups excluding tert-OH is 1. The molecule has 0 spiro atoms. The number of aromatic amines is 1. The van der Waals surface area contributed by atoms with Crippen LogP contribution < -0.4 is 4.74 Å². The standard InChI is InChI=1S/C26H28F2N4O3/c1-16(2)26(14-33)13-32-22(34-15-26)11-17-9-19(27)24(20(28)10-17)35-21-6-8-30-25-23(21)18(12-31-25)5-3-4-7-29/h6,8-10,12,16,33H,3-5,11,13-15H2,1-2H3,(H,30,31). The Morgan fingerprint density at radius 2 is 2.09 bits per heavy atom. The summed E-state index contributed by atoms with van der Waals surface area (Å²) in [6.45, 7) is 4.66. The number of H-pyrrole nitrogens is 1. The normalized spacial score (nSPS) is 17.8. The monoisotopic (exact) mass is 482 g/mol. The maximum atomic E-state index is 15.0. The fourth-order valence-corrected chi connectivity index (χ4v) is 4.13. The number of fused-ring (bicyclic) bond motifs is 1. The van der Waals surface area contributed by atoms with Gasteiger partial charge in [0.25, 0.3) is 0 Å². The van der Waals surface area contributed by atoms with Gasteiger partial charge >= 0.3 is 0 Å². The third-order valence-corrected chi connectivity index (χ3v) is 6.61. The van der Waals surface area contributed by atoms with Crippen LogP contribution in [0.3, 0.4) is 0 Å². The zero-order valence-corrected chi connectivity index (χ0v) is 19.8. The van der Waals surface area contributed by atoms with E-state index in [1.54, 1.807) is 12.3 Å². The molecule has 1 unspecified atom stereocenters. The molecule has 0 bridgehead atoms. The van der Waals surface area contributed by atoms with Gasteiger partial charge in [-0.1, -0.05) is 13.8 Å². The number of nitriles is 1. The first-order valence-corrected chi connectivity index (χ1v) is 11.6. The molecule has 2 aromatic heterocycles. The van der Waals surface area contributed by atoms with Crippen LogP contribution in [0, 0.1) is 34.3 Å². The summed E-state index contributed by atoms with van der Waals surface area (Å²) in [5, 5.41) is 19.2. The van der Waals surface area contributed by atoms with Crippen molar-refractivity contribution < 1.29 is 23.4 Å². The van der Waals surface area contributed by atoms with Crippen LogP contribution in [0.2, 0.25) is 0 Å². The van der Waals surface area contributed by atoms with Crippen molar-refractivity contribution in [2.45, 2.75) is 39.5 Å². The summed E-state index contributed by atoms with van der Waals surface area (Å²) >= 11 is 0. The number of hydrogen-bond acceptors (Lipinski definition) is 6. The van der Waals surface area contributed by atoms with Gasteiger partial charge in [-0.05, 0) is 48.1 Å². The molecule has 0 fully saturated rings. The number of nitrogens with one attached hydrogen (secondary N) is 1. The number of halogens is 2. The lowest BCUT2D eigenvalue weighted by atomic mass is 9.78. The number of pyridine rings is 1. The molecular weight excluding hydrogens is 454 g/mol. The van der Waals surface area contributed by atoms with Crippen molar-refractivity contribution >= 4 is 16.9 Å². The minimum Gasteiger partial charge on any atom is -0.480 e. The van der Waals surface area contributed by atoms with E-state index in [-0.39, 0.29) is 24.7 Å². The number of benzene rings is 1. The number of rotatable bonds is 9. The average Bonchev–Trinajstić information content (AvgIpc) is 3.26. The number of hydrogen-bond donors (Lipinski definition) is 2. The summed E-state index contributed by atoms with van der Waals surface area (Å²) in [5.74, 6) is -1.34. The molecule has 1 aromatic carbocycles. The summed E-state index contributed by atoms with van der Waals surface area (Å²) in [7, 11) is 0. The second-order valence-electron chi connectivity index (χ2n) is 9.20. The molecule has 3 heterocycles. The van der Waals surface area contributed by atoms with Gasteiger partial charge < -0.3 is 19.6 Å². The van der Waals surface area contributed by atoms with Gasteiger partial charge in [0.15, 0.2) is 23.3 Å². The molecule has 0 radical (unpaired) electrons. The van der Waals surface area contributed by atoms with E-state index in [0.29, 0.717) is 54.9 Å². The maximum absolute atomic E-state index is 15.0. The second-order valence-corrected chi connectivity index (χ2v) is 9.20. The van der Waals surface area contributed by atoms with Crippen LogP contribution in [-0.2, 0) is 17.6 Å². The Morgan fingerprint density at radius 3 is 2.71 bits per heavy atom. The van der Waals surface area contributed by atoms with E-state index in [1.165, 1.54) is 18.3 Å². The smallest absolute Gasteiger partial charge is 0.198 e. The van der Waals surface area contributed by atoms with E-state index in [4.69, 9.17) is 14.7 Å². The van der Waals surface area contributed by atoms with Crippen molar-refractivity contribution in [1.82, 2.24) is 9.97 Å². The quantitative estimate of drug-likeness (QED) is 0.414. The summed E-state index contributed by atoms with van der Waals surface area (Å²) < 4.78 is 41.4. The highest BCUT2D eigenvalue weighted by molar-refractivity contribution is 5.86. The van der Waals surface area contributed by atoms with E-state index in [2.05, 4.69) is 21.0 Å². The first-order chi connectivity index (χ1) is 16.9. The molecule has 1 aliphatic heterocycles. The highest BCUT2D eigenvalue weighted by Crippen LogP contribution is 2.35. The molecule has 0 aliphatic carbocycles. The highest BCUT2D eigenvalue weighted by Gasteiger charge is 2.37. The molecular formula is C26H28F2N4O3. The predicted octanol–water partition coefficient (Wildman–Crippen LogP) is 5.09. The molecule has 9 heteroatoms. The molecule has 1 atom stereocenters. The summed E-state index contributed by atoms with van der Waals surface area (Å²) in [5.41, 5.74) is 1.33. The summed E-state index contributed by atoms with van der Waals surface area (Å²) in [6, 6.07) is 6.09. The summed E-state index contributed by atoms with van der Waals surface area (Å²) in [6.07, 6.45) is 5.07. The van der Waals surface area contributed by atoms with Gasteiger partial charge in [-0.25, -0.2) is 13.8 Å². The Hall–Kier alpha value is -3.51. The molecule has 7 nitrogen and oxygen atoms in total. The first kappa shape index (κ1) is 24.6. The minimum atomic E-state index is -0.838. The Kier molecular flexibility index (Phi) is 7.31. The van der Waals surface area contributed by atoms with Crippen LogP contribution in [0.5, 0.6) is 11.5 Å². The lowest BCUT2D eigenvalue weighted by Gasteiger charge is -2.37. The first-order valence-electron chi connectivity index (χ1n) is 11.6. The molecule has 4 rings (SSSR count). The van der Waals surface area contributed by atoms with Crippen LogP contribution in [-0.4, -0.2) is 40.7 Å². The number of aliphatic hydroxyl groups is 1. The van der Waals surface area contributed by atoms with E-state index in [1.807, 2.05) is 13.8 Å². The number of unbranched alkanes of at least 4 members (excludes halogenated alkanes) is 1. The second kappa shape index (κ2) is 10.4. The summed E-state index contributed by atoms with van der Waals surface area (Å²) in [4.78, 5) is 11.7. The molecule has 2 N–H and O–H groups in total. The number of aliphatic imine (C=N–C) groups is 1. The minimum absolute atomic E-state index is 0.0415. The van der Waals surface area contributed by atoms with Crippen LogP contribution >= 0.6 is 0 Å². The number of nitrogens with zero attached hydrogens (tertiary/aromatic N) is 3. The van der Waals surface area contributed by atoms with Gasteiger partial charge in [-0.15, -0.1) is 0 Å². The van der Waals surface area contributed by atoms with E-state index >= 15 is 0 Å². The van der Waals surface area contributed by atoms with Crippen LogP contribution in [0.25, 0.3) is 11.0 Å². The molecule has 0 saturated carbocycles. The van der Waals surface area contributed by atoms with Crippen molar-refractivity contribution in [3.05, 3.63) is 53.4 Å². The van der Waals surface area contributed by atoms with Crippen molar-refractivity contribution in [3.8, 4) is 17.6 Å². The lowest BCUT2D eigenvalue weighted by molar-refractivity contribution is 0.0169. The molecule has 0 saturated heterocycles. The Bertz CT molecular complexity index is 1260. The fourth-order valence-electron chi connectivity index (χ4n) is 4.13. The molecule has 3 aromatic rings. The Labute approximate surface area is 202 Å². The van der Waals surface area contributed by atoms with Crippen LogP contribution in [0.4, 0.5) is 8.78 Å². The third kappa shape index (κ3) is 5.13. The number of aryl methyl sites for hydroxylation is 1. The fraction of sp³-hybridized carbons (Fsp3) is 0.423. The maximum Gasteiger partial charge on any atom is 0.198 e. The number of ether oxygens (including phenoxy) is 2. The largest absolute Gasteiger partial charge is 0.480 e. The SMILES string of the molecule is CC(C)C1(CO)CN=C(Cc2cc(F)c(Oc3ccnc4[nH]cc(CCCC#N)c34)c(F)c2)OC1. The zero-order chi connectivity index (χ0) is 25.0. The lowest BCUT2D eigenvalue weighted by Crippen LogP contribution is -2.43. The van der Waals surface area contributed by atoms with Crippen molar-refractivity contribution in [2.24, 2.45) is 16.3 Å².